The summed E-state index contributed by atoms with van der Waals surface area (Å²) in [7, 11) is 0.400. The molecule has 0 heterocycles. The van der Waals surface area contributed by atoms with E-state index in [0.29, 0.717) is 6.42 Å². The standard InChI is InChI=1S/C7H17O2P/c1-9-7(8)5-6-10(2,3)4/h10H,5-6H2,1-4H3. The molecule has 62 valence electrons. The van der Waals surface area contributed by atoms with Gasteiger partial charge in [0.15, 0.2) is 0 Å². The molecule has 10 heavy (non-hydrogen) atoms. The average Bonchev–Trinajstić information content (AvgIpc) is 1.81. The van der Waals surface area contributed by atoms with E-state index in [9.17, 15) is 4.79 Å². The number of hydrogen-bond donors (Lipinski definition) is 0. The van der Waals surface area contributed by atoms with Gasteiger partial charge in [0.05, 0.1) is 0 Å². The number of methoxy groups -OCH3 is 1. The fourth-order valence-corrected chi connectivity index (χ4v) is 1.53. The van der Waals surface area contributed by atoms with Gasteiger partial charge < -0.3 is 0 Å². The maximum absolute atomic E-state index is 10.7. The van der Waals surface area contributed by atoms with Gasteiger partial charge in [-0.1, -0.05) is 0 Å². The zero-order chi connectivity index (χ0) is 8.20. The molecule has 0 unspecified atom stereocenters. The molecule has 0 aliphatic heterocycles. The van der Waals surface area contributed by atoms with Gasteiger partial charge in [0.2, 0.25) is 0 Å². The molecule has 0 fully saturated rings. The molecule has 0 atom stereocenters. The summed E-state index contributed by atoms with van der Waals surface area (Å²) in [5.74, 6) is -0.0811. The Morgan fingerprint density at radius 1 is 1.40 bits per heavy atom. The normalized spacial score (nSPS) is 12.8. The molecule has 0 spiro atoms. The van der Waals surface area contributed by atoms with Crippen LogP contribution in [0.1, 0.15) is 6.42 Å². The summed E-state index contributed by atoms with van der Waals surface area (Å²) < 4.78 is 4.53. The molecule has 0 N–H and O–H groups in total. The molecule has 0 saturated carbocycles. The van der Waals surface area contributed by atoms with Crippen LogP contribution in [0, 0.1) is 0 Å². The molecule has 2 nitrogen and oxygen atoms in total. The molecule has 0 bridgehead atoms. The van der Waals surface area contributed by atoms with Crippen LogP contribution in [-0.2, 0) is 9.53 Å². The Morgan fingerprint density at radius 2 is 1.90 bits per heavy atom. The fraction of sp³-hybridized carbons (Fsp3) is 0.857. The van der Waals surface area contributed by atoms with Gasteiger partial charge in [0.25, 0.3) is 0 Å². The van der Waals surface area contributed by atoms with E-state index in [1.807, 2.05) is 0 Å². The fourth-order valence-electron chi connectivity index (χ4n) is 0.579. The predicted molar refractivity (Wildman–Crippen MR) is 47.6 cm³/mol. The molecule has 3 heteroatoms. The van der Waals surface area contributed by atoms with Crippen molar-refractivity contribution in [3.05, 3.63) is 0 Å². The second-order valence-electron chi connectivity index (χ2n) is 3.64. The SMILES string of the molecule is COC(=O)CC[PH](C)(C)C. The van der Waals surface area contributed by atoms with Crippen LogP contribution in [0.15, 0.2) is 0 Å². The molecule has 0 radical (unpaired) electrons. The van der Waals surface area contributed by atoms with Gasteiger partial charge in [-0.05, 0) is 0 Å². The van der Waals surface area contributed by atoms with Crippen molar-refractivity contribution in [3.63, 3.8) is 0 Å². The summed E-state index contributed by atoms with van der Waals surface area (Å²) in [5, 5.41) is 0. The van der Waals surface area contributed by atoms with Crippen LogP contribution < -0.4 is 0 Å². The summed E-state index contributed by atoms with van der Waals surface area (Å²) in [6.45, 7) is 6.74. The third-order valence-electron chi connectivity index (χ3n) is 1.31. The van der Waals surface area contributed by atoms with Crippen molar-refractivity contribution >= 4 is 13.2 Å². The first-order chi connectivity index (χ1) is 4.45. The Labute approximate surface area is 63.3 Å². The van der Waals surface area contributed by atoms with Crippen LogP contribution in [-0.4, -0.2) is 39.2 Å². The minimum atomic E-state index is -1.04. The maximum atomic E-state index is 10.7. The van der Waals surface area contributed by atoms with Crippen molar-refractivity contribution in [1.29, 1.82) is 0 Å². The van der Waals surface area contributed by atoms with Gasteiger partial charge in [-0.3, -0.25) is 0 Å². The van der Waals surface area contributed by atoms with Gasteiger partial charge in [-0.15, -0.1) is 0 Å². The molecule has 0 aromatic carbocycles. The van der Waals surface area contributed by atoms with Gasteiger partial charge >= 0.3 is 62.5 Å². The van der Waals surface area contributed by atoms with Crippen LogP contribution in [0.4, 0.5) is 0 Å². The number of hydrogen-bond acceptors (Lipinski definition) is 2. The zero-order valence-corrected chi connectivity index (χ0v) is 8.23. The zero-order valence-electron chi connectivity index (χ0n) is 7.23. The third-order valence-corrected chi connectivity index (χ3v) is 3.06. The number of esters is 1. The number of carbonyl (C=O) groups excluding carboxylic acids is 1. The van der Waals surface area contributed by atoms with Crippen LogP contribution in [0.5, 0.6) is 0 Å². The monoisotopic (exact) mass is 164 g/mol. The van der Waals surface area contributed by atoms with Crippen LogP contribution in [0.2, 0.25) is 0 Å². The molecule has 0 aliphatic rings. The van der Waals surface area contributed by atoms with E-state index >= 15 is 0 Å². The Morgan fingerprint density at radius 3 is 2.20 bits per heavy atom. The Bertz CT molecular complexity index is 115. The number of carbonyl (C=O) groups is 1. The summed E-state index contributed by atoms with van der Waals surface area (Å²) in [5.41, 5.74) is 0. The van der Waals surface area contributed by atoms with Crippen LogP contribution >= 0.6 is 7.26 Å². The van der Waals surface area contributed by atoms with E-state index in [1.54, 1.807) is 0 Å². The molecular weight excluding hydrogens is 147 g/mol. The molecule has 0 amide bonds. The number of ether oxygens (including phenoxy) is 1. The first kappa shape index (κ1) is 9.90. The first-order valence-corrected chi connectivity index (χ1v) is 7.23. The molecule has 0 aliphatic carbocycles. The van der Waals surface area contributed by atoms with Gasteiger partial charge in [0.1, 0.15) is 0 Å². The van der Waals surface area contributed by atoms with E-state index in [1.165, 1.54) is 7.11 Å². The van der Waals surface area contributed by atoms with Crippen LogP contribution in [0.25, 0.3) is 0 Å². The van der Waals surface area contributed by atoms with Gasteiger partial charge in [-0.25, -0.2) is 0 Å². The Balaban J connectivity index is 3.46. The van der Waals surface area contributed by atoms with Crippen molar-refractivity contribution in [3.8, 4) is 0 Å². The van der Waals surface area contributed by atoms with E-state index < -0.39 is 7.26 Å². The first-order valence-electron chi connectivity index (χ1n) is 3.52. The van der Waals surface area contributed by atoms with E-state index in [2.05, 4.69) is 24.7 Å². The van der Waals surface area contributed by atoms with Gasteiger partial charge in [0, 0.05) is 0 Å². The molecule has 0 rings (SSSR count). The third kappa shape index (κ3) is 6.03. The quantitative estimate of drug-likeness (QED) is 0.462. The average molecular weight is 164 g/mol. The van der Waals surface area contributed by atoms with E-state index in [-0.39, 0.29) is 5.97 Å². The second kappa shape index (κ2) is 3.92. The molecule has 0 aromatic heterocycles. The molecule has 0 aromatic rings. The number of rotatable bonds is 3. The van der Waals surface area contributed by atoms with E-state index in [4.69, 9.17) is 0 Å². The minimum absolute atomic E-state index is 0.0811. The Hall–Kier alpha value is -0.100. The topological polar surface area (TPSA) is 26.3 Å². The van der Waals surface area contributed by atoms with E-state index in [0.717, 1.165) is 6.16 Å². The Kier molecular flexibility index (Phi) is 3.88. The van der Waals surface area contributed by atoms with Crippen molar-refractivity contribution in [1.82, 2.24) is 0 Å². The van der Waals surface area contributed by atoms with Crippen molar-refractivity contribution in [2.75, 3.05) is 33.3 Å². The summed E-state index contributed by atoms with van der Waals surface area (Å²) in [6.07, 6.45) is 1.62. The van der Waals surface area contributed by atoms with Gasteiger partial charge in [-0.2, -0.15) is 0 Å². The van der Waals surface area contributed by atoms with Crippen molar-refractivity contribution < 1.29 is 9.53 Å². The summed E-state index contributed by atoms with van der Waals surface area (Å²) >= 11 is 0. The predicted octanol–water partition coefficient (Wildman–Crippen LogP) is 1.19. The summed E-state index contributed by atoms with van der Waals surface area (Å²) in [4.78, 5) is 10.7. The molecular formula is C7H17O2P. The second-order valence-corrected chi connectivity index (χ2v) is 9.26. The summed E-state index contributed by atoms with van der Waals surface area (Å²) in [6, 6.07) is 0. The molecule has 0 saturated heterocycles. The van der Waals surface area contributed by atoms with Crippen molar-refractivity contribution in [2.45, 2.75) is 6.42 Å². The van der Waals surface area contributed by atoms with Crippen LogP contribution in [0.3, 0.4) is 0 Å². The van der Waals surface area contributed by atoms with Crippen molar-refractivity contribution in [2.24, 2.45) is 0 Å².